The number of rotatable bonds is 6. The number of piperidine rings is 1. The Hall–Kier alpha value is -1.88. The molecule has 0 spiro atoms. The zero-order valence-electron chi connectivity index (χ0n) is 15.7. The van der Waals surface area contributed by atoms with Crippen LogP contribution in [0, 0.1) is 0 Å². The molecule has 2 fully saturated rings. The van der Waals surface area contributed by atoms with E-state index in [9.17, 15) is 4.79 Å². The van der Waals surface area contributed by atoms with Crippen molar-refractivity contribution >= 4 is 16.9 Å². The molecule has 2 aromatic rings. The average molecular weight is 356 g/mol. The first-order chi connectivity index (χ1) is 12.8. The van der Waals surface area contributed by atoms with E-state index in [4.69, 9.17) is 0 Å². The standard InChI is InChI=1S/C21H30N4O/c26-21(22-11-6-14-24-12-4-1-5-13-24)17-9-10-20-19(15-17)23-16-25(20)18-7-2-3-8-18/h9-10,15-16,18H,1-8,11-14H2,(H,22,26)/p+1. The predicted octanol–water partition coefficient (Wildman–Crippen LogP) is 2.34. The lowest BCUT2D eigenvalue weighted by Gasteiger charge is -2.23. The first kappa shape index (κ1) is 17.5. The van der Waals surface area contributed by atoms with Gasteiger partial charge in [0.2, 0.25) is 0 Å². The lowest BCUT2D eigenvalue weighted by Crippen LogP contribution is -3.12. The Morgan fingerprint density at radius 3 is 2.77 bits per heavy atom. The van der Waals surface area contributed by atoms with Gasteiger partial charge in [-0.15, -0.1) is 0 Å². The molecule has 1 aromatic carbocycles. The molecule has 4 rings (SSSR count). The molecule has 2 aliphatic rings. The summed E-state index contributed by atoms with van der Waals surface area (Å²) in [5.74, 6) is 0.0240. The molecule has 0 radical (unpaired) electrons. The number of nitrogens with zero attached hydrogens (tertiary/aromatic N) is 2. The molecule has 1 amide bonds. The molecule has 0 atom stereocenters. The Morgan fingerprint density at radius 1 is 1.15 bits per heavy atom. The number of nitrogens with one attached hydrogen (secondary N) is 2. The molecule has 1 aliphatic carbocycles. The summed E-state index contributed by atoms with van der Waals surface area (Å²) in [4.78, 5) is 18.7. The van der Waals surface area contributed by atoms with Crippen molar-refractivity contribution in [3.63, 3.8) is 0 Å². The van der Waals surface area contributed by atoms with Crippen molar-refractivity contribution in [2.24, 2.45) is 0 Å². The van der Waals surface area contributed by atoms with Crippen LogP contribution in [-0.4, -0.2) is 41.6 Å². The van der Waals surface area contributed by atoms with Crippen molar-refractivity contribution in [1.29, 1.82) is 0 Å². The minimum Gasteiger partial charge on any atom is -0.352 e. The molecule has 1 aromatic heterocycles. The molecule has 5 heteroatoms. The van der Waals surface area contributed by atoms with Crippen LogP contribution in [0.2, 0.25) is 0 Å². The summed E-state index contributed by atoms with van der Waals surface area (Å²) >= 11 is 0. The highest BCUT2D eigenvalue weighted by Crippen LogP contribution is 2.32. The van der Waals surface area contributed by atoms with Crippen LogP contribution in [0.15, 0.2) is 24.5 Å². The van der Waals surface area contributed by atoms with Crippen molar-refractivity contribution in [3.8, 4) is 0 Å². The average Bonchev–Trinajstić information content (AvgIpc) is 3.34. The molecule has 1 saturated heterocycles. The molecule has 26 heavy (non-hydrogen) atoms. The number of hydrogen-bond acceptors (Lipinski definition) is 2. The van der Waals surface area contributed by atoms with Crippen LogP contribution >= 0.6 is 0 Å². The molecule has 1 saturated carbocycles. The Balaban J connectivity index is 1.32. The van der Waals surface area contributed by atoms with Crippen LogP contribution in [0.4, 0.5) is 0 Å². The minimum atomic E-state index is 0.0240. The van der Waals surface area contributed by atoms with Gasteiger partial charge >= 0.3 is 0 Å². The van der Waals surface area contributed by atoms with Crippen molar-refractivity contribution < 1.29 is 9.69 Å². The molecule has 1 aliphatic heterocycles. The highest BCUT2D eigenvalue weighted by molar-refractivity contribution is 5.97. The van der Waals surface area contributed by atoms with E-state index in [-0.39, 0.29) is 5.91 Å². The Bertz CT molecular complexity index is 742. The van der Waals surface area contributed by atoms with Crippen LogP contribution in [0.1, 0.15) is 67.8 Å². The maximum absolute atomic E-state index is 12.4. The van der Waals surface area contributed by atoms with Gasteiger partial charge in [-0.05, 0) is 50.3 Å². The lowest BCUT2D eigenvalue weighted by molar-refractivity contribution is -0.904. The molecule has 0 bridgehead atoms. The lowest BCUT2D eigenvalue weighted by atomic mass is 10.1. The normalized spacial score (nSPS) is 19.2. The zero-order chi connectivity index (χ0) is 17.8. The van der Waals surface area contributed by atoms with Gasteiger partial charge < -0.3 is 14.8 Å². The first-order valence-corrected chi connectivity index (χ1v) is 10.4. The number of quaternary nitrogens is 1. The van der Waals surface area contributed by atoms with Crippen LogP contribution < -0.4 is 10.2 Å². The van der Waals surface area contributed by atoms with Crippen LogP contribution in [0.5, 0.6) is 0 Å². The summed E-state index contributed by atoms with van der Waals surface area (Å²) in [6, 6.07) is 6.53. The number of benzene rings is 1. The number of hydrogen-bond donors (Lipinski definition) is 2. The summed E-state index contributed by atoms with van der Waals surface area (Å²) in [7, 11) is 0. The van der Waals surface area contributed by atoms with Gasteiger partial charge in [0.15, 0.2) is 0 Å². The second-order valence-corrected chi connectivity index (χ2v) is 7.96. The summed E-state index contributed by atoms with van der Waals surface area (Å²) < 4.78 is 2.30. The van der Waals surface area contributed by atoms with E-state index >= 15 is 0 Å². The number of carbonyl (C=O) groups is 1. The zero-order valence-corrected chi connectivity index (χ0v) is 15.7. The predicted molar refractivity (Wildman–Crippen MR) is 104 cm³/mol. The number of fused-ring (bicyclic) bond motifs is 1. The molecule has 2 heterocycles. The van der Waals surface area contributed by atoms with Crippen molar-refractivity contribution in [3.05, 3.63) is 30.1 Å². The van der Waals surface area contributed by atoms with Gasteiger partial charge in [-0.25, -0.2) is 4.98 Å². The fraction of sp³-hybridized carbons (Fsp3) is 0.619. The van der Waals surface area contributed by atoms with Gasteiger partial charge in [-0.3, -0.25) is 4.79 Å². The Kier molecular flexibility index (Phi) is 5.54. The number of carbonyl (C=O) groups excluding carboxylic acids is 1. The van der Waals surface area contributed by atoms with Crippen molar-refractivity contribution in [2.75, 3.05) is 26.2 Å². The molecule has 2 N–H and O–H groups in total. The molecule has 5 nitrogen and oxygen atoms in total. The SMILES string of the molecule is O=C(NCCC[NH+]1CCCCC1)c1ccc2c(c1)ncn2C1CCCC1. The van der Waals surface area contributed by atoms with Crippen LogP contribution in [0.25, 0.3) is 11.0 Å². The van der Waals surface area contributed by atoms with E-state index in [2.05, 4.69) is 20.9 Å². The molecular weight excluding hydrogens is 324 g/mol. The Labute approximate surface area is 155 Å². The van der Waals surface area contributed by atoms with Gasteiger partial charge in [0.05, 0.1) is 37.0 Å². The van der Waals surface area contributed by atoms with E-state index in [0.717, 1.165) is 29.6 Å². The topological polar surface area (TPSA) is 51.4 Å². The summed E-state index contributed by atoms with van der Waals surface area (Å²) in [6.07, 6.45) is 12.2. The molecule has 0 unspecified atom stereocenters. The van der Waals surface area contributed by atoms with Gasteiger partial charge in [-0.2, -0.15) is 0 Å². The summed E-state index contributed by atoms with van der Waals surface area (Å²) in [5.41, 5.74) is 2.81. The minimum absolute atomic E-state index is 0.0240. The monoisotopic (exact) mass is 355 g/mol. The highest BCUT2D eigenvalue weighted by Gasteiger charge is 2.19. The van der Waals surface area contributed by atoms with Gasteiger partial charge in [0.25, 0.3) is 5.91 Å². The molecule has 140 valence electrons. The van der Waals surface area contributed by atoms with Gasteiger partial charge in [0, 0.05) is 24.6 Å². The third-order valence-electron chi connectivity index (χ3n) is 6.11. The van der Waals surface area contributed by atoms with E-state index in [0.29, 0.717) is 6.04 Å². The van der Waals surface area contributed by atoms with E-state index < -0.39 is 0 Å². The second kappa shape index (κ2) is 8.21. The quantitative estimate of drug-likeness (QED) is 0.782. The summed E-state index contributed by atoms with van der Waals surface area (Å²) in [6.45, 7) is 4.53. The largest absolute Gasteiger partial charge is 0.352 e. The van der Waals surface area contributed by atoms with Crippen LogP contribution in [-0.2, 0) is 0 Å². The van der Waals surface area contributed by atoms with E-state index in [1.807, 2.05) is 18.5 Å². The van der Waals surface area contributed by atoms with Gasteiger partial charge in [-0.1, -0.05) is 12.8 Å². The smallest absolute Gasteiger partial charge is 0.251 e. The first-order valence-electron chi connectivity index (χ1n) is 10.4. The van der Waals surface area contributed by atoms with E-state index in [1.165, 1.54) is 64.6 Å². The summed E-state index contributed by atoms with van der Waals surface area (Å²) in [5, 5.41) is 3.08. The number of aromatic nitrogens is 2. The van der Waals surface area contributed by atoms with Gasteiger partial charge in [0.1, 0.15) is 0 Å². The third-order valence-corrected chi connectivity index (χ3v) is 6.11. The fourth-order valence-corrected chi connectivity index (χ4v) is 4.59. The van der Waals surface area contributed by atoms with Crippen molar-refractivity contribution in [1.82, 2.24) is 14.9 Å². The number of amides is 1. The second-order valence-electron chi connectivity index (χ2n) is 7.96. The highest BCUT2D eigenvalue weighted by atomic mass is 16.1. The number of imidazole rings is 1. The maximum atomic E-state index is 12.4. The van der Waals surface area contributed by atoms with Crippen molar-refractivity contribution in [2.45, 2.75) is 57.4 Å². The van der Waals surface area contributed by atoms with E-state index in [1.54, 1.807) is 4.90 Å². The van der Waals surface area contributed by atoms with Crippen LogP contribution in [0.3, 0.4) is 0 Å². The Morgan fingerprint density at radius 2 is 1.96 bits per heavy atom. The fourth-order valence-electron chi connectivity index (χ4n) is 4.59. The third kappa shape index (κ3) is 3.93. The maximum Gasteiger partial charge on any atom is 0.251 e. The molecular formula is C21H31N4O+. The number of likely N-dealkylation sites (tertiary alicyclic amines) is 1.